The Kier molecular flexibility index (Phi) is 5.38. The fourth-order valence-corrected chi connectivity index (χ4v) is 3.01. The van der Waals surface area contributed by atoms with Crippen molar-refractivity contribution in [3.05, 3.63) is 54.8 Å². The molecule has 0 radical (unpaired) electrons. The number of nitrogens with one attached hydrogen (secondary N) is 1. The third-order valence-electron chi connectivity index (χ3n) is 2.46. The van der Waals surface area contributed by atoms with E-state index >= 15 is 0 Å². The highest BCUT2D eigenvalue weighted by molar-refractivity contribution is 14.1. The number of aromatic carboxylic acids is 1. The summed E-state index contributed by atoms with van der Waals surface area (Å²) in [7, 11) is 0. The summed E-state index contributed by atoms with van der Waals surface area (Å²) in [5.41, 5.74) is 0.324. The number of rotatable bonds is 4. The van der Waals surface area contributed by atoms with E-state index < -0.39 is 11.9 Å². The molecule has 2 N–H and O–H groups in total. The molecule has 108 valence electrons. The first kappa shape index (κ1) is 16.0. The standard InChI is InChI=1S/C14H9ClINO3S/c15-12-5-2-9(21-12)3-6-13(18)17-11-4-1-8(16)7-10(11)14(19)20/h1-7H,(H,17,18)(H,19,20). The van der Waals surface area contributed by atoms with Gasteiger partial charge in [-0.2, -0.15) is 0 Å². The largest absolute Gasteiger partial charge is 0.478 e. The summed E-state index contributed by atoms with van der Waals surface area (Å²) in [6.45, 7) is 0. The molecule has 1 aromatic carbocycles. The molecule has 21 heavy (non-hydrogen) atoms. The lowest BCUT2D eigenvalue weighted by Gasteiger charge is -2.06. The van der Waals surface area contributed by atoms with E-state index in [1.807, 2.05) is 22.6 Å². The Labute approximate surface area is 143 Å². The highest BCUT2D eigenvalue weighted by Crippen LogP contribution is 2.23. The van der Waals surface area contributed by atoms with Gasteiger partial charge in [-0.15, -0.1) is 11.3 Å². The van der Waals surface area contributed by atoms with Crippen molar-refractivity contribution in [3.8, 4) is 0 Å². The van der Waals surface area contributed by atoms with Gasteiger partial charge in [-0.1, -0.05) is 11.6 Å². The average Bonchev–Trinajstić information content (AvgIpc) is 2.84. The van der Waals surface area contributed by atoms with Gasteiger partial charge in [0, 0.05) is 14.5 Å². The molecule has 0 spiro atoms. The van der Waals surface area contributed by atoms with Crippen LogP contribution in [0.4, 0.5) is 5.69 Å². The van der Waals surface area contributed by atoms with Crippen LogP contribution in [-0.4, -0.2) is 17.0 Å². The number of carboxylic acids is 1. The molecule has 1 aromatic heterocycles. The number of thiophene rings is 1. The minimum Gasteiger partial charge on any atom is -0.478 e. The number of benzene rings is 1. The maximum Gasteiger partial charge on any atom is 0.337 e. The van der Waals surface area contributed by atoms with Gasteiger partial charge in [0.1, 0.15) is 0 Å². The fourth-order valence-electron chi connectivity index (χ4n) is 1.55. The topological polar surface area (TPSA) is 66.4 Å². The second-order valence-electron chi connectivity index (χ2n) is 3.96. The Hall–Kier alpha value is -1.38. The van der Waals surface area contributed by atoms with Crippen LogP contribution in [0, 0.1) is 3.57 Å². The first-order valence-electron chi connectivity index (χ1n) is 5.73. The van der Waals surface area contributed by atoms with Crippen LogP contribution < -0.4 is 5.32 Å². The predicted octanol–water partition coefficient (Wildman–Crippen LogP) is 4.36. The van der Waals surface area contributed by atoms with Gasteiger partial charge >= 0.3 is 5.97 Å². The summed E-state index contributed by atoms with van der Waals surface area (Å²) < 4.78 is 1.42. The summed E-state index contributed by atoms with van der Waals surface area (Å²) in [4.78, 5) is 23.8. The van der Waals surface area contributed by atoms with E-state index in [1.165, 1.54) is 23.5 Å². The van der Waals surface area contributed by atoms with Crippen molar-refractivity contribution in [2.24, 2.45) is 0 Å². The van der Waals surface area contributed by atoms with Crippen LogP contribution in [0.1, 0.15) is 15.2 Å². The van der Waals surface area contributed by atoms with Gasteiger partial charge in [0.2, 0.25) is 5.91 Å². The van der Waals surface area contributed by atoms with Crippen LogP contribution in [0.25, 0.3) is 6.08 Å². The second kappa shape index (κ2) is 7.06. The molecule has 2 rings (SSSR count). The fraction of sp³-hybridized carbons (Fsp3) is 0. The molecule has 0 bridgehead atoms. The monoisotopic (exact) mass is 433 g/mol. The molecule has 1 heterocycles. The number of carbonyl (C=O) groups is 2. The van der Waals surface area contributed by atoms with Crippen LogP contribution in [0.2, 0.25) is 4.34 Å². The highest BCUT2D eigenvalue weighted by Gasteiger charge is 2.11. The van der Waals surface area contributed by atoms with Crippen LogP contribution in [0.15, 0.2) is 36.4 Å². The molecule has 0 aliphatic heterocycles. The van der Waals surface area contributed by atoms with E-state index in [9.17, 15) is 9.59 Å². The van der Waals surface area contributed by atoms with Crippen LogP contribution in [0.3, 0.4) is 0 Å². The molecule has 4 nitrogen and oxygen atoms in total. The number of carboxylic acid groups (broad SMARTS) is 1. The molecule has 0 atom stereocenters. The number of halogens is 2. The van der Waals surface area contributed by atoms with E-state index in [-0.39, 0.29) is 11.3 Å². The lowest BCUT2D eigenvalue weighted by atomic mass is 10.2. The molecule has 0 unspecified atom stereocenters. The maximum atomic E-state index is 11.8. The zero-order valence-corrected chi connectivity index (χ0v) is 14.2. The van der Waals surface area contributed by atoms with Crippen molar-refractivity contribution in [1.29, 1.82) is 0 Å². The summed E-state index contributed by atoms with van der Waals surface area (Å²) in [6, 6.07) is 8.33. The van der Waals surface area contributed by atoms with E-state index in [1.54, 1.807) is 30.3 Å². The number of anilines is 1. The van der Waals surface area contributed by atoms with Gasteiger partial charge in [-0.25, -0.2) is 4.79 Å². The van der Waals surface area contributed by atoms with E-state index in [0.717, 1.165) is 8.45 Å². The molecular weight excluding hydrogens is 425 g/mol. The lowest BCUT2D eigenvalue weighted by molar-refractivity contribution is -0.111. The molecule has 0 fully saturated rings. The highest BCUT2D eigenvalue weighted by atomic mass is 127. The smallest absolute Gasteiger partial charge is 0.337 e. The van der Waals surface area contributed by atoms with Gasteiger partial charge in [0.15, 0.2) is 0 Å². The molecule has 2 aromatic rings. The van der Waals surface area contributed by atoms with E-state index in [4.69, 9.17) is 16.7 Å². The first-order valence-corrected chi connectivity index (χ1v) is 8.00. The summed E-state index contributed by atoms with van der Waals surface area (Å²) >= 11 is 9.16. The van der Waals surface area contributed by atoms with Crippen molar-refractivity contribution in [2.45, 2.75) is 0 Å². The Morgan fingerprint density at radius 3 is 2.67 bits per heavy atom. The molecule has 0 aliphatic carbocycles. The molecule has 0 aliphatic rings. The number of carbonyl (C=O) groups excluding carboxylic acids is 1. The van der Waals surface area contributed by atoms with Crippen LogP contribution in [0.5, 0.6) is 0 Å². The second-order valence-corrected chi connectivity index (χ2v) is 6.95. The van der Waals surface area contributed by atoms with Gasteiger partial charge < -0.3 is 10.4 Å². The molecule has 1 amide bonds. The Morgan fingerprint density at radius 2 is 2.05 bits per heavy atom. The van der Waals surface area contributed by atoms with E-state index in [0.29, 0.717) is 4.34 Å². The van der Waals surface area contributed by atoms with Gasteiger partial charge in [-0.3, -0.25) is 4.79 Å². The van der Waals surface area contributed by atoms with Crippen molar-refractivity contribution in [2.75, 3.05) is 5.32 Å². The summed E-state index contributed by atoms with van der Waals surface area (Å²) in [6.07, 6.45) is 2.96. The molecule has 7 heteroatoms. The van der Waals surface area contributed by atoms with Crippen LogP contribution in [-0.2, 0) is 4.79 Å². The van der Waals surface area contributed by atoms with Gasteiger partial charge in [0.25, 0.3) is 0 Å². The van der Waals surface area contributed by atoms with E-state index in [2.05, 4.69) is 5.32 Å². The van der Waals surface area contributed by atoms with Crippen molar-refractivity contribution in [3.63, 3.8) is 0 Å². The third-order valence-corrected chi connectivity index (χ3v) is 4.33. The minimum atomic E-state index is -1.09. The van der Waals surface area contributed by atoms with Crippen molar-refractivity contribution in [1.82, 2.24) is 0 Å². The number of hydrogen-bond acceptors (Lipinski definition) is 3. The Bertz CT molecular complexity index is 727. The summed E-state index contributed by atoms with van der Waals surface area (Å²) in [5, 5.41) is 11.7. The summed E-state index contributed by atoms with van der Waals surface area (Å²) in [5.74, 6) is -1.49. The third kappa shape index (κ3) is 4.55. The van der Waals surface area contributed by atoms with Crippen molar-refractivity contribution < 1.29 is 14.7 Å². The van der Waals surface area contributed by atoms with Gasteiger partial charge in [0.05, 0.1) is 15.6 Å². The zero-order chi connectivity index (χ0) is 15.4. The molecule has 0 saturated heterocycles. The number of hydrogen-bond donors (Lipinski definition) is 2. The lowest BCUT2D eigenvalue weighted by Crippen LogP contribution is -2.12. The normalized spacial score (nSPS) is 10.8. The zero-order valence-electron chi connectivity index (χ0n) is 10.5. The predicted molar refractivity (Wildman–Crippen MR) is 93.1 cm³/mol. The minimum absolute atomic E-state index is 0.0582. The van der Waals surface area contributed by atoms with Gasteiger partial charge in [-0.05, 0) is 59.0 Å². The number of amides is 1. The Balaban J connectivity index is 2.13. The molecular formula is C14H9ClINO3S. The SMILES string of the molecule is O=C(C=Cc1ccc(Cl)s1)Nc1ccc(I)cc1C(=O)O. The molecule has 0 saturated carbocycles. The first-order chi connectivity index (χ1) is 9.95. The van der Waals surface area contributed by atoms with Crippen molar-refractivity contribution >= 4 is 69.2 Å². The van der Waals surface area contributed by atoms with Crippen LogP contribution >= 0.6 is 45.5 Å². The maximum absolute atomic E-state index is 11.8. The average molecular weight is 434 g/mol. The quantitative estimate of drug-likeness (QED) is 0.556. The Morgan fingerprint density at radius 1 is 1.29 bits per heavy atom.